The molecule has 2 fully saturated rings. The fourth-order valence-corrected chi connectivity index (χ4v) is 4.28. The quantitative estimate of drug-likeness (QED) is 0.685. The van der Waals surface area contributed by atoms with Gasteiger partial charge in [-0.2, -0.15) is 0 Å². The third kappa shape index (κ3) is 6.19. The number of rotatable bonds is 5. The molecule has 1 aliphatic carbocycles. The monoisotopic (exact) mass is 425 g/mol. The number of hydrogen-bond donors (Lipinski definition) is 3. The molecule has 0 unspecified atom stereocenters. The molecule has 0 atom stereocenters. The summed E-state index contributed by atoms with van der Waals surface area (Å²) in [7, 11) is 0. The van der Waals surface area contributed by atoms with E-state index in [1.54, 1.807) is 15.8 Å². The third-order valence-electron chi connectivity index (χ3n) is 6.02. The largest absolute Gasteiger partial charge is 0.335 e. The molecule has 9 nitrogen and oxygen atoms in total. The minimum Gasteiger partial charge on any atom is -0.335 e. The molecule has 2 aliphatic rings. The summed E-state index contributed by atoms with van der Waals surface area (Å²) >= 11 is 0. The molecular weight excluding hydrogens is 394 g/mol. The lowest BCUT2D eigenvalue weighted by atomic mass is 9.96. The molecule has 1 saturated carbocycles. The zero-order valence-electron chi connectivity index (χ0n) is 17.8. The van der Waals surface area contributed by atoms with Gasteiger partial charge in [-0.05, 0) is 31.2 Å². The van der Waals surface area contributed by atoms with E-state index in [1.165, 1.54) is 19.3 Å². The molecule has 1 aliphatic heterocycles. The maximum absolute atomic E-state index is 12.6. The molecule has 2 aromatic rings. The molecule has 1 aromatic carbocycles. The van der Waals surface area contributed by atoms with Gasteiger partial charge in [0.05, 0.1) is 12.7 Å². The van der Waals surface area contributed by atoms with Crippen molar-refractivity contribution in [2.24, 2.45) is 0 Å². The van der Waals surface area contributed by atoms with Crippen molar-refractivity contribution in [1.29, 1.82) is 0 Å². The first-order valence-corrected chi connectivity index (χ1v) is 11.2. The van der Waals surface area contributed by atoms with Gasteiger partial charge in [0.25, 0.3) is 0 Å². The number of anilines is 1. The molecule has 0 bridgehead atoms. The van der Waals surface area contributed by atoms with Gasteiger partial charge in [-0.25, -0.2) is 14.3 Å². The lowest BCUT2D eigenvalue weighted by Gasteiger charge is -2.32. The normalized spacial score (nSPS) is 17.9. The van der Waals surface area contributed by atoms with Crippen molar-refractivity contribution in [1.82, 2.24) is 30.5 Å². The minimum absolute atomic E-state index is 0.0789. The van der Waals surface area contributed by atoms with E-state index < -0.39 is 0 Å². The predicted molar refractivity (Wildman–Crippen MR) is 118 cm³/mol. The molecule has 4 amide bonds. The molecule has 1 aromatic heterocycles. The summed E-state index contributed by atoms with van der Waals surface area (Å²) in [4.78, 5) is 26.6. The number of benzene rings is 1. The van der Waals surface area contributed by atoms with Gasteiger partial charge in [-0.15, -0.1) is 5.10 Å². The standard InChI is InChI=1S/C22H31N7O2/c30-21(23-18-9-5-2-6-10-18)24-19-11-13-28(14-12-19)22(31)25-20-16-29(27-26-20)15-17-7-3-1-4-8-17/h1,3-4,7-8,16,18-19H,2,5-6,9-15H2,(H,25,31)(H2,23,24,30). The van der Waals surface area contributed by atoms with Crippen LogP contribution < -0.4 is 16.0 Å². The van der Waals surface area contributed by atoms with Crippen LogP contribution in [0.25, 0.3) is 0 Å². The van der Waals surface area contributed by atoms with Crippen LogP contribution in [0.15, 0.2) is 36.5 Å². The fourth-order valence-electron chi connectivity index (χ4n) is 4.28. The highest BCUT2D eigenvalue weighted by Gasteiger charge is 2.25. The minimum atomic E-state index is -0.183. The Kier molecular flexibility index (Phi) is 7.01. The lowest BCUT2D eigenvalue weighted by molar-refractivity contribution is 0.186. The van der Waals surface area contributed by atoms with Gasteiger partial charge in [-0.3, -0.25) is 5.32 Å². The number of aromatic nitrogens is 3. The van der Waals surface area contributed by atoms with E-state index in [1.807, 2.05) is 30.3 Å². The highest BCUT2D eigenvalue weighted by atomic mass is 16.2. The van der Waals surface area contributed by atoms with Gasteiger partial charge in [0.2, 0.25) is 0 Å². The molecule has 31 heavy (non-hydrogen) atoms. The lowest BCUT2D eigenvalue weighted by Crippen LogP contribution is -2.51. The van der Waals surface area contributed by atoms with E-state index in [-0.39, 0.29) is 18.1 Å². The number of urea groups is 2. The first-order valence-electron chi connectivity index (χ1n) is 11.2. The second-order valence-corrected chi connectivity index (χ2v) is 8.43. The Morgan fingerprint density at radius 1 is 0.935 bits per heavy atom. The number of carbonyl (C=O) groups is 2. The SMILES string of the molecule is O=C(NC1CCCCC1)NC1CCN(C(=O)Nc2cn(Cc3ccccc3)nn2)CC1. The maximum atomic E-state index is 12.6. The van der Waals surface area contributed by atoms with Crippen LogP contribution in [0.5, 0.6) is 0 Å². The molecule has 166 valence electrons. The zero-order valence-corrected chi connectivity index (χ0v) is 17.8. The second-order valence-electron chi connectivity index (χ2n) is 8.43. The number of piperidine rings is 1. The van der Waals surface area contributed by atoms with Crippen molar-refractivity contribution in [3.63, 3.8) is 0 Å². The van der Waals surface area contributed by atoms with Gasteiger partial charge >= 0.3 is 12.1 Å². The summed E-state index contributed by atoms with van der Waals surface area (Å²) in [6.45, 7) is 1.79. The highest BCUT2D eigenvalue weighted by Crippen LogP contribution is 2.17. The van der Waals surface area contributed by atoms with Gasteiger partial charge < -0.3 is 15.5 Å². The molecule has 2 heterocycles. The van der Waals surface area contributed by atoms with Gasteiger partial charge in [-0.1, -0.05) is 54.8 Å². The van der Waals surface area contributed by atoms with E-state index in [2.05, 4.69) is 26.3 Å². The van der Waals surface area contributed by atoms with Crippen molar-refractivity contribution in [2.45, 2.75) is 63.6 Å². The fraction of sp³-hybridized carbons (Fsp3) is 0.545. The summed E-state index contributed by atoms with van der Waals surface area (Å²) in [6.07, 6.45) is 9.01. The Hall–Kier alpha value is -3.10. The van der Waals surface area contributed by atoms with Crippen LogP contribution in [-0.4, -0.2) is 57.1 Å². The van der Waals surface area contributed by atoms with Gasteiger partial charge in [0.15, 0.2) is 5.82 Å². The van der Waals surface area contributed by atoms with Crippen LogP contribution in [0.2, 0.25) is 0 Å². The Morgan fingerprint density at radius 3 is 2.32 bits per heavy atom. The van der Waals surface area contributed by atoms with E-state index in [9.17, 15) is 9.59 Å². The molecule has 1 saturated heterocycles. The summed E-state index contributed by atoms with van der Waals surface area (Å²) in [5.74, 6) is 0.438. The van der Waals surface area contributed by atoms with Crippen LogP contribution in [-0.2, 0) is 6.54 Å². The highest BCUT2D eigenvalue weighted by molar-refractivity contribution is 5.88. The Bertz CT molecular complexity index is 856. The summed E-state index contributed by atoms with van der Waals surface area (Å²) in [6, 6.07) is 10.1. The van der Waals surface area contributed by atoms with E-state index in [4.69, 9.17) is 0 Å². The first-order chi connectivity index (χ1) is 15.2. The topological polar surface area (TPSA) is 104 Å². The zero-order chi connectivity index (χ0) is 21.5. The van der Waals surface area contributed by atoms with Crippen molar-refractivity contribution >= 4 is 17.9 Å². The number of likely N-dealkylation sites (tertiary alicyclic amines) is 1. The smallest absolute Gasteiger partial charge is 0.323 e. The Morgan fingerprint density at radius 2 is 1.61 bits per heavy atom. The third-order valence-corrected chi connectivity index (χ3v) is 6.02. The molecule has 3 N–H and O–H groups in total. The Balaban J connectivity index is 1.18. The number of amides is 4. The molecule has 4 rings (SSSR count). The number of hydrogen-bond acceptors (Lipinski definition) is 4. The van der Waals surface area contributed by atoms with Crippen molar-refractivity contribution in [2.75, 3.05) is 18.4 Å². The van der Waals surface area contributed by atoms with E-state index >= 15 is 0 Å². The van der Waals surface area contributed by atoms with Crippen LogP contribution in [0.1, 0.15) is 50.5 Å². The second kappa shape index (κ2) is 10.3. The summed E-state index contributed by atoms with van der Waals surface area (Å²) < 4.78 is 1.70. The van der Waals surface area contributed by atoms with Crippen molar-refractivity contribution < 1.29 is 9.59 Å². The van der Waals surface area contributed by atoms with Crippen LogP contribution >= 0.6 is 0 Å². The number of nitrogens with zero attached hydrogens (tertiary/aromatic N) is 4. The maximum Gasteiger partial charge on any atom is 0.323 e. The molecule has 9 heteroatoms. The average molecular weight is 426 g/mol. The van der Waals surface area contributed by atoms with Crippen molar-refractivity contribution in [3.05, 3.63) is 42.1 Å². The number of nitrogens with one attached hydrogen (secondary N) is 3. The van der Waals surface area contributed by atoms with Crippen LogP contribution in [0.3, 0.4) is 0 Å². The van der Waals surface area contributed by atoms with E-state index in [0.717, 1.165) is 31.2 Å². The average Bonchev–Trinajstić information content (AvgIpc) is 3.22. The van der Waals surface area contributed by atoms with Gasteiger partial charge in [0, 0.05) is 25.2 Å². The van der Waals surface area contributed by atoms with E-state index in [0.29, 0.717) is 31.5 Å². The first kappa shape index (κ1) is 21.1. The summed E-state index contributed by atoms with van der Waals surface area (Å²) in [5.41, 5.74) is 1.12. The predicted octanol–water partition coefficient (Wildman–Crippen LogP) is 2.95. The van der Waals surface area contributed by atoms with Gasteiger partial charge in [0.1, 0.15) is 0 Å². The molecular formula is C22H31N7O2. The van der Waals surface area contributed by atoms with Crippen molar-refractivity contribution in [3.8, 4) is 0 Å². The van der Waals surface area contributed by atoms with Crippen LogP contribution in [0, 0.1) is 0 Å². The number of carbonyl (C=O) groups excluding carboxylic acids is 2. The summed E-state index contributed by atoms with van der Waals surface area (Å²) in [5, 5.41) is 17.1. The molecule has 0 radical (unpaired) electrons. The molecule has 0 spiro atoms. The Labute approximate surface area is 182 Å². The van der Waals surface area contributed by atoms with Crippen LogP contribution in [0.4, 0.5) is 15.4 Å².